The zero-order chi connectivity index (χ0) is 19.8. The first-order valence-corrected chi connectivity index (χ1v) is 9.72. The van der Waals surface area contributed by atoms with Crippen molar-refractivity contribution in [3.8, 4) is 5.13 Å². The number of anilines is 1. The number of rotatable bonds is 4. The van der Waals surface area contributed by atoms with Crippen LogP contribution in [0.1, 0.15) is 39.0 Å². The fourth-order valence-corrected chi connectivity index (χ4v) is 4.24. The molecule has 6 heteroatoms. The van der Waals surface area contributed by atoms with Gasteiger partial charge in [0.25, 0.3) is 5.91 Å². The topological polar surface area (TPSA) is 64.0 Å². The van der Waals surface area contributed by atoms with E-state index in [1.807, 2.05) is 12.1 Å². The SMILES string of the molecule is CC(=O)c1ccc(NC(=O)c2ccc3nc(-n4c(C)ccc4C)sc3c2)cc1. The number of carbonyl (C=O) groups excluding carboxylic acids is 2. The van der Waals surface area contributed by atoms with Gasteiger partial charge in [-0.25, -0.2) is 4.98 Å². The summed E-state index contributed by atoms with van der Waals surface area (Å²) in [7, 11) is 0. The quantitative estimate of drug-likeness (QED) is 0.490. The standard InChI is InChI=1S/C22H19N3O2S/c1-13-4-5-14(2)25(13)22-24-19-11-8-17(12-20(19)28-22)21(27)23-18-9-6-16(7-10-18)15(3)26/h4-12H,1-3H3,(H,23,27). The van der Waals surface area contributed by atoms with E-state index in [0.29, 0.717) is 16.8 Å². The fourth-order valence-electron chi connectivity index (χ4n) is 3.11. The van der Waals surface area contributed by atoms with Crippen LogP contribution in [0.3, 0.4) is 0 Å². The number of hydrogen-bond donors (Lipinski definition) is 1. The molecule has 0 spiro atoms. The van der Waals surface area contributed by atoms with Crippen molar-refractivity contribution in [1.82, 2.24) is 9.55 Å². The Bertz CT molecular complexity index is 1180. The third-order valence-corrected chi connectivity index (χ3v) is 5.65. The van der Waals surface area contributed by atoms with E-state index in [2.05, 4.69) is 35.9 Å². The molecule has 1 amide bonds. The van der Waals surface area contributed by atoms with Crippen LogP contribution in [-0.2, 0) is 0 Å². The summed E-state index contributed by atoms with van der Waals surface area (Å²) in [4.78, 5) is 28.7. The highest BCUT2D eigenvalue weighted by Gasteiger charge is 2.13. The molecule has 140 valence electrons. The highest BCUT2D eigenvalue weighted by atomic mass is 32.1. The van der Waals surface area contributed by atoms with Crippen LogP contribution in [0, 0.1) is 13.8 Å². The smallest absolute Gasteiger partial charge is 0.255 e. The Morgan fingerprint density at radius 2 is 1.57 bits per heavy atom. The average molecular weight is 389 g/mol. The van der Waals surface area contributed by atoms with E-state index < -0.39 is 0 Å². The number of fused-ring (bicyclic) bond motifs is 1. The van der Waals surface area contributed by atoms with Gasteiger partial charge in [-0.05, 0) is 75.4 Å². The Labute approximate surface area is 166 Å². The summed E-state index contributed by atoms with van der Waals surface area (Å²) < 4.78 is 3.07. The molecule has 5 nitrogen and oxygen atoms in total. The number of amides is 1. The molecule has 2 aromatic carbocycles. The lowest BCUT2D eigenvalue weighted by atomic mass is 10.1. The minimum atomic E-state index is -0.194. The van der Waals surface area contributed by atoms with Crippen LogP contribution in [0.15, 0.2) is 54.6 Å². The fraction of sp³-hybridized carbons (Fsp3) is 0.136. The molecule has 0 bridgehead atoms. The molecule has 0 saturated carbocycles. The van der Waals surface area contributed by atoms with Crippen LogP contribution in [0.4, 0.5) is 5.69 Å². The molecule has 0 fully saturated rings. The molecule has 0 saturated heterocycles. The Kier molecular flexibility index (Phi) is 4.57. The number of aromatic nitrogens is 2. The van der Waals surface area contributed by atoms with Crippen molar-refractivity contribution < 1.29 is 9.59 Å². The minimum absolute atomic E-state index is 0.00232. The number of aryl methyl sites for hydroxylation is 2. The first-order chi connectivity index (χ1) is 13.4. The maximum Gasteiger partial charge on any atom is 0.255 e. The zero-order valence-electron chi connectivity index (χ0n) is 15.8. The molecular weight excluding hydrogens is 370 g/mol. The lowest BCUT2D eigenvalue weighted by Gasteiger charge is -2.06. The number of ketones is 1. The van der Waals surface area contributed by atoms with E-state index in [0.717, 1.165) is 26.7 Å². The van der Waals surface area contributed by atoms with Gasteiger partial charge < -0.3 is 5.32 Å². The molecule has 0 aliphatic heterocycles. The maximum absolute atomic E-state index is 12.6. The Balaban J connectivity index is 1.60. The predicted octanol–water partition coefficient (Wildman–Crippen LogP) is 5.16. The average Bonchev–Trinajstić information content (AvgIpc) is 3.23. The Morgan fingerprint density at radius 1 is 0.929 bits per heavy atom. The maximum atomic E-state index is 12.6. The van der Waals surface area contributed by atoms with Crippen LogP contribution in [0.2, 0.25) is 0 Å². The number of nitrogens with one attached hydrogen (secondary N) is 1. The molecule has 2 heterocycles. The molecule has 0 aliphatic carbocycles. The molecule has 0 radical (unpaired) electrons. The first-order valence-electron chi connectivity index (χ1n) is 8.90. The van der Waals surface area contributed by atoms with Gasteiger partial charge in [-0.3, -0.25) is 14.2 Å². The molecule has 0 atom stereocenters. The van der Waals surface area contributed by atoms with Crippen LogP contribution in [0.5, 0.6) is 0 Å². The summed E-state index contributed by atoms with van der Waals surface area (Å²) in [5.41, 5.74) is 4.96. The number of benzene rings is 2. The van der Waals surface area contributed by atoms with Crippen molar-refractivity contribution in [2.75, 3.05) is 5.32 Å². The monoisotopic (exact) mass is 389 g/mol. The molecule has 1 N–H and O–H groups in total. The normalized spacial score (nSPS) is 11.0. The molecule has 4 aromatic rings. The third-order valence-electron chi connectivity index (χ3n) is 4.65. The van der Waals surface area contributed by atoms with E-state index >= 15 is 0 Å². The number of carbonyl (C=O) groups is 2. The van der Waals surface area contributed by atoms with Crippen molar-refractivity contribution >= 4 is 38.9 Å². The molecule has 0 aliphatic rings. The van der Waals surface area contributed by atoms with Crippen molar-refractivity contribution in [2.24, 2.45) is 0 Å². The molecule has 0 unspecified atom stereocenters. The summed E-state index contributed by atoms with van der Waals surface area (Å²) in [5, 5.41) is 3.77. The highest BCUT2D eigenvalue weighted by Crippen LogP contribution is 2.28. The second-order valence-corrected chi connectivity index (χ2v) is 7.73. The van der Waals surface area contributed by atoms with Crippen molar-refractivity contribution in [3.63, 3.8) is 0 Å². The van der Waals surface area contributed by atoms with Gasteiger partial charge in [0.15, 0.2) is 10.9 Å². The number of Topliss-reactive ketones (excluding diaryl/α,β-unsaturated/α-hetero) is 1. The van der Waals surface area contributed by atoms with Gasteiger partial charge in [0.05, 0.1) is 10.2 Å². The highest BCUT2D eigenvalue weighted by molar-refractivity contribution is 7.20. The number of thiazole rings is 1. The van der Waals surface area contributed by atoms with Gasteiger partial charge >= 0.3 is 0 Å². The van der Waals surface area contributed by atoms with Gasteiger partial charge in [0, 0.05) is 28.2 Å². The summed E-state index contributed by atoms with van der Waals surface area (Å²) >= 11 is 1.56. The van der Waals surface area contributed by atoms with Crippen LogP contribution >= 0.6 is 11.3 Å². The Morgan fingerprint density at radius 3 is 2.21 bits per heavy atom. The third kappa shape index (κ3) is 3.34. The minimum Gasteiger partial charge on any atom is -0.322 e. The van der Waals surface area contributed by atoms with Crippen molar-refractivity contribution in [3.05, 3.63) is 77.1 Å². The summed E-state index contributed by atoms with van der Waals surface area (Å²) in [6, 6.07) is 16.5. The van der Waals surface area contributed by atoms with E-state index in [1.54, 1.807) is 41.7 Å². The summed E-state index contributed by atoms with van der Waals surface area (Å²) in [5.74, 6) is -0.196. The van der Waals surface area contributed by atoms with Gasteiger partial charge in [-0.2, -0.15) is 0 Å². The van der Waals surface area contributed by atoms with E-state index in [9.17, 15) is 9.59 Å². The second-order valence-electron chi connectivity index (χ2n) is 6.72. The molecular formula is C22H19N3O2S. The van der Waals surface area contributed by atoms with Crippen LogP contribution in [-0.4, -0.2) is 21.2 Å². The predicted molar refractivity (Wildman–Crippen MR) is 113 cm³/mol. The number of hydrogen-bond acceptors (Lipinski definition) is 4. The van der Waals surface area contributed by atoms with E-state index in [-0.39, 0.29) is 11.7 Å². The first kappa shape index (κ1) is 18.1. The van der Waals surface area contributed by atoms with Gasteiger partial charge in [-0.1, -0.05) is 11.3 Å². The summed E-state index contributed by atoms with van der Waals surface area (Å²) in [6.45, 7) is 5.62. The lowest BCUT2D eigenvalue weighted by Crippen LogP contribution is -2.11. The zero-order valence-corrected chi connectivity index (χ0v) is 16.6. The van der Waals surface area contributed by atoms with E-state index in [1.165, 1.54) is 6.92 Å². The van der Waals surface area contributed by atoms with Crippen molar-refractivity contribution in [1.29, 1.82) is 0 Å². The Hall–Kier alpha value is -3.25. The van der Waals surface area contributed by atoms with Crippen molar-refractivity contribution in [2.45, 2.75) is 20.8 Å². The lowest BCUT2D eigenvalue weighted by molar-refractivity contribution is 0.101. The molecule has 28 heavy (non-hydrogen) atoms. The van der Waals surface area contributed by atoms with Gasteiger partial charge in [-0.15, -0.1) is 0 Å². The van der Waals surface area contributed by atoms with Gasteiger partial charge in [0.2, 0.25) is 0 Å². The van der Waals surface area contributed by atoms with Crippen LogP contribution in [0.25, 0.3) is 15.3 Å². The molecule has 4 rings (SSSR count). The largest absolute Gasteiger partial charge is 0.322 e. The summed E-state index contributed by atoms with van der Waals surface area (Å²) in [6.07, 6.45) is 0. The van der Waals surface area contributed by atoms with E-state index in [4.69, 9.17) is 4.98 Å². The van der Waals surface area contributed by atoms with Gasteiger partial charge in [0.1, 0.15) is 0 Å². The molecule has 2 aromatic heterocycles. The number of nitrogens with zero attached hydrogens (tertiary/aromatic N) is 2. The second kappa shape index (κ2) is 7.05. The van der Waals surface area contributed by atoms with Crippen LogP contribution < -0.4 is 5.32 Å².